The van der Waals surface area contributed by atoms with Crippen molar-refractivity contribution >= 4 is 17.2 Å². The number of thiazole rings is 1. The summed E-state index contributed by atoms with van der Waals surface area (Å²) in [6.07, 6.45) is 0.0487. The van der Waals surface area contributed by atoms with E-state index in [1.165, 1.54) is 11.3 Å². The summed E-state index contributed by atoms with van der Waals surface area (Å²) in [5, 5.41) is 7.80. The minimum atomic E-state index is -0.132. The van der Waals surface area contributed by atoms with E-state index in [9.17, 15) is 4.79 Å². The normalized spacial score (nSPS) is 25.4. The van der Waals surface area contributed by atoms with E-state index in [0.717, 1.165) is 13.1 Å². The average molecular weight is 227 g/mol. The second kappa shape index (κ2) is 4.69. The van der Waals surface area contributed by atoms with Gasteiger partial charge < -0.3 is 15.4 Å². The molecule has 2 atom stereocenters. The van der Waals surface area contributed by atoms with E-state index in [1.54, 1.807) is 18.0 Å². The Hall–Kier alpha value is -0.980. The molecule has 1 amide bonds. The van der Waals surface area contributed by atoms with Crippen LogP contribution in [0.1, 0.15) is 10.5 Å². The molecule has 1 saturated heterocycles. The molecule has 1 aromatic heterocycles. The Labute approximate surface area is 91.9 Å². The summed E-state index contributed by atoms with van der Waals surface area (Å²) in [6, 6.07) is 0.0317. The SMILES string of the molecule is CO[C@H]1CNC[C@H]1NC(=O)c1cscn1. The maximum Gasteiger partial charge on any atom is 0.271 e. The fourth-order valence-corrected chi connectivity index (χ4v) is 2.15. The molecule has 2 heterocycles. The monoisotopic (exact) mass is 227 g/mol. The van der Waals surface area contributed by atoms with Gasteiger partial charge in [0.15, 0.2) is 0 Å². The molecule has 1 aromatic rings. The molecule has 0 unspecified atom stereocenters. The first-order valence-electron chi connectivity index (χ1n) is 4.74. The second-order valence-electron chi connectivity index (χ2n) is 3.39. The van der Waals surface area contributed by atoms with Gasteiger partial charge in [0.1, 0.15) is 5.69 Å². The first-order chi connectivity index (χ1) is 7.31. The fraction of sp³-hybridized carbons (Fsp3) is 0.556. The Morgan fingerprint density at radius 1 is 1.73 bits per heavy atom. The van der Waals surface area contributed by atoms with Gasteiger partial charge in [-0.25, -0.2) is 4.98 Å². The van der Waals surface area contributed by atoms with Crippen LogP contribution >= 0.6 is 11.3 Å². The zero-order valence-electron chi connectivity index (χ0n) is 8.40. The second-order valence-corrected chi connectivity index (χ2v) is 4.10. The van der Waals surface area contributed by atoms with Crippen molar-refractivity contribution in [2.24, 2.45) is 0 Å². The molecule has 0 bridgehead atoms. The number of carbonyl (C=O) groups excluding carboxylic acids is 1. The molecular weight excluding hydrogens is 214 g/mol. The van der Waals surface area contributed by atoms with Crippen molar-refractivity contribution in [2.45, 2.75) is 12.1 Å². The van der Waals surface area contributed by atoms with Gasteiger partial charge in [-0.05, 0) is 0 Å². The number of ether oxygens (including phenoxy) is 1. The van der Waals surface area contributed by atoms with Gasteiger partial charge in [-0.2, -0.15) is 0 Å². The van der Waals surface area contributed by atoms with Crippen molar-refractivity contribution in [3.8, 4) is 0 Å². The van der Waals surface area contributed by atoms with Gasteiger partial charge in [-0.1, -0.05) is 0 Å². The molecule has 82 valence electrons. The number of rotatable bonds is 3. The van der Waals surface area contributed by atoms with Crippen LogP contribution in [-0.4, -0.2) is 43.2 Å². The van der Waals surface area contributed by atoms with Gasteiger partial charge >= 0.3 is 0 Å². The summed E-state index contributed by atoms with van der Waals surface area (Å²) in [4.78, 5) is 15.6. The highest BCUT2D eigenvalue weighted by Gasteiger charge is 2.28. The maximum absolute atomic E-state index is 11.7. The quantitative estimate of drug-likeness (QED) is 0.754. The lowest BCUT2D eigenvalue weighted by atomic mass is 10.2. The third kappa shape index (κ3) is 2.34. The van der Waals surface area contributed by atoms with Crippen molar-refractivity contribution < 1.29 is 9.53 Å². The molecule has 5 nitrogen and oxygen atoms in total. The van der Waals surface area contributed by atoms with Crippen LogP contribution in [0.25, 0.3) is 0 Å². The highest BCUT2D eigenvalue weighted by atomic mass is 32.1. The topological polar surface area (TPSA) is 63.2 Å². The van der Waals surface area contributed by atoms with Crippen LogP contribution in [0.4, 0.5) is 0 Å². The Kier molecular flexibility index (Phi) is 3.30. The lowest BCUT2D eigenvalue weighted by molar-refractivity contribution is 0.0777. The predicted molar refractivity (Wildman–Crippen MR) is 57.0 cm³/mol. The molecule has 2 rings (SSSR count). The summed E-state index contributed by atoms with van der Waals surface area (Å²) >= 11 is 1.41. The fourth-order valence-electron chi connectivity index (χ4n) is 1.61. The smallest absolute Gasteiger partial charge is 0.271 e. The number of nitrogens with one attached hydrogen (secondary N) is 2. The van der Waals surface area contributed by atoms with Gasteiger partial charge in [-0.3, -0.25) is 4.79 Å². The molecule has 0 saturated carbocycles. The standard InChI is InChI=1S/C9H13N3O2S/c1-14-8-3-10-2-6(8)12-9(13)7-4-15-5-11-7/h4-6,8,10H,2-3H2,1H3,(H,12,13)/t6-,8+/m1/s1. The molecule has 1 fully saturated rings. The van der Waals surface area contributed by atoms with E-state index in [0.29, 0.717) is 5.69 Å². The highest BCUT2D eigenvalue weighted by Crippen LogP contribution is 2.06. The number of hydrogen-bond acceptors (Lipinski definition) is 5. The minimum absolute atomic E-state index is 0.0317. The van der Waals surface area contributed by atoms with Gasteiger partial charge in [0, 0.05) is 25.6 Å². The van der Waals surface area contributed by atoms with E-state index >= 15 is 0 Å². The van der Waals surface area contributed by atoms with Crippen LogP contribution in [0.2, 0.25) is 0 Å². The van der Waals surface area contributed by atoms with Crippen LogP contribution in [0, 0.1) is 0 Å². The first kappa shape index (κ1) is 10.5. The van der Waals surface area contributed by atoms with Crippen molar-refractivity contribution in [2.75, 3.05) is 20.2 Å². The zero-order chi connectivity index (χ0) is 10.7. The lowest BCUT2D eigenvalue weighted by Gasteiger charge is -2.17. The van der Waals surface area contributed by atoms with Gasteiger partial charge in [0.25, 0.3) is 5.91 Å². The summed E-state index contributed by atoms with van der Waals surface area (Å²) in [6.45, 7) is 1.52. The number of carbonyl (C=O) groups is 1. The van der Waals surface area contributed by atoms with Crippen molar-refractivity contribution in [3.63, 3.8) is 0 Å². The molecule has 0 aliphatic carbocycles. The Morgan fingerprint density at radius 2 is 2.60 bits per heavy atom. The van der Waals surface area contributed by atoms with Crippen LogP contribution in [0.3, 0.4) is 0 Å². The third-order valence-electron chi connectivity index (χ3n) is 2.44. The number of amides is 1. The van der Waals surface area contributed by atoms with Crippen LogP contribution in [-0.2, 0) is 4.74 Å². The molecule has 2 N–H and O–H groups in total. The molecular formula is C9H13N3O2S. The van der Waals surface area contributed by atoms with Crippen molar-refractivity contribution in [1.29, 1.82) is 0 Å². The summed E-state index contributed by atoms with van der Waals surface area (Å²) in [7, 11) is 1.65. The minimum Gasteiger partial charge on any atom is -0.378 e. The number of aromatic nitrogens is 1. The number of hydrogen-bond donors (Lipinski definition) is 2. The van der Waals surface area contributed by atoms with Crippen molar-refractivity contribution in [3.05, 3.63) is 16.6 Å². The van der Waals surface area contributed by atoms with Crippen molar-refractivity contribution in [1.82, 2.24) is 15.6 Å². The Morgan fingerprint density at radius 3 is 3.27 bits per heavy atom. The molecule has 0 aromatic carbocycles. The van der Waals surface area contributed by atoms with Gasteiger partial charge in [0.05, 0.1) is 17.7 Å². The maximum atomic E-state index is 11.7. The molecule has 15 heavy (non-hydrogen) atoms. The van der Waals surface area contributed by atoms with E-state index in [4.69, 9.17) is 4.74 Å². The van der Waals surface area contributed by atoms with Gasteiger partial charge in [-0.15, -0.1) is 11.3 Å². The predicted octanol–water partition coefficient (Wildman–Crippen LogP) is -0.140. The average Bonchev–Trinajstić information content (AvgIpc) is 2.87. The van der Waals surface area contributed by atoms with E-state index in [-0.39, 0.29) is 18.1 Å². The molecule has 1 aliphatic heterocycles. The van der Waals surface area contributed by atoms with Crippen LogP contribution in [0.5, 0.6) is 0 Å². The highest BCUT2D eigenvalue weighted by molar-refractivity contribution is 7.07. The third-order valence-corrected chi connectivity index (χ3v) is 3.03. The lowest BCUT2D eigenvalue weighted by Crippen LogP contribution is -2.43. The van der Waals surface area contributed by atoms with E-state index < -0.39 is 0 Å². The van der Waals surface area contributed by atoms with E-state index in [1.807, 2.05) is 0 Å². The van der Waals surface area contributed by atoms with Crippen LogP contribution in [0.15, 0.2) is 10.9 Å². The van der Waals surface area contributed by atoms with E-state index in [2.05, 4.69) is 15.6 Å². The first-order valence-corrected chi connectivity index (χ1v) is 5.68. The largest absolute Gasteiger partial charge is 0.378 e. The number of nitrogens with zero attached hydrogens (tertiary/aromatic N) is 1. The van der Waals surface area contributed by atoms with Crippen LogP contribution < -0.4 is 10.6 Å². The molecule has 1 aliphatic rings. The summed E-state index contributed by atoms with van der Waals surface area (Å²) in [5.41, 5.74) is 2.12. The molecule has 0 radical (unpaired) electrons. The molecule has 6 heteroatoms. The summed E-state index contributed by atoms with van der Waals surface area (Å²) < 4.78 is 5.25. The molecule has 0 spiro atoms. The Bertz CT molecular complexity index is 328. The number of methoxy groups -OCH3 is 1. The summed E-state index contributed by atoms with van der Waals surface area (Å²) in [5.74, 6) is -0.132. The zero-order valence-corrected chi connectivity index (χ0v) is 9.21. The van der Waals surface area contributed by atoms with Gasteiger partial charge in [0.2, 0.25) is 0 Å². The Balaban J connectivity index is 1.94.